The van der Waals surface area contributed by atoms with Gasteiger partial charge >= 0.3 is 0 Å². The molecule has 0 aromatic heterocycles. The number of aryl methyl sites for hydroxylation is 4. The van der Waals surface area contributed by atoms with Gasteiger partial charge < -0.3 is 0 Å². The van der Waals surface area contributed by atoms with Gasteiger partial charge in [-0.2, -0.15) is 0 Å². The van der Waals surface area contributed by atoms with Gasteiger partial charge in [0.2, 0.25) is 0 Å². The lowest BCUT2D eigenvalue weighted by molar-refractivity contribution is 0.632. The van der Waals surface area contributed by atoms with Crippen molar-refractivity contribution in [2.45, 2.75) is 33.7 Å². The van der Waals surface area contributed by atoms with Gasteiger partial charge in [0.1, 0.15) is 0 Å². The molecule has 0 aliphatic heterocycles. The lowest BCUT2D eigenvalue weighted by Gasteiger charge is -2.21. The third-order valence-corrected chi connectivity index (χ3v) is 4.95. The Morgan fingerprint density at radius 1 is 0.950 bits per heavy atom. The Labute approximate surface area is 129 Å². The maximum atomic E-state index is 5.82. The third kappa shape index (κ3) is 2.95. The molecule has 0 fully saturated rings. The minimum absolute atomic E-state index is 0.0149. The second-order valence-electron chi connectivity index (χ2n) is 5.43. The zero-order chi connectivity index (χ0) is 14.9. The Kier molecular flexibility index (Phi) is 4.63. The first-order valence-electron chi connectivity index (χ1n) is 6.74. The standard InChI is InChI=1S/C17H21BrN2/c1-10-5-6-15(11(2)7-10)17(20-19)14-8-12(3)16(18)13(4)9-14/h5-9,17,20H,19H2,1-4H3. The van der Waals surface area contributed by atoms with Gasteiger partial charge in [0.05, 0.1) is 6.04 Å². The minimum Gasteiger partial charge on any atom is -0.271 e. The van der Waals surface area contributed by atoms with E-state index in [2.05, 4.69) is 79.4 Å². The second kappa shape index (κ2) is 6.08. The quantitative estimate of drug-likeness (QED) is 0.651. The van der Waals surface area contributed by atoms with Gasteiger partial charge in [0.15, 0.2) is 0 Å². The molecule has 20 heavy (non-hydrogen) atoms. The van der Waals surface area contributed by atoms with E-state index < -0.39 is 0 Å². The highest BCUT2D eigenvalue weighted by atomic mass is 79.9. The topological polar surface area (TPSA) is 38.0 Å². The number of benzene rings is 2. The molecule has 0 heterocycles. The van der Waals surface area contributed by atoms with Crippen LogP contribution in [-0.4, -0.2) is 0 Å². The van der Waals surface area contributed by atoms with Crippen molar-refractivity contribution in [3.8, 4) is 0 Å². The van der Waals surface area contributed by atoms with E-state index in [1.54, 1.807) is 0 Å². The second-order valence-corrected chi connectivity index (χ2v) is 6.22. The van der Waals surface area contributed by atoms with Gasteiger partial charge in [-0.3, -0.25) is 5.84 Å². The van der Waals surface area contributed by atoms with Gasteiger partial charge in [-0.05, 0) is 55.5 Å². The Bertz CT molecular complexity index is 612. The molecule has 2 aromatic rings. The summed E-state index contributed by atoms with van der Waals surface area (Å²) in [6.45, 7) is 8.45. The van der Waals surface area contributed by atoms with Crippen LogP contribution in [0, 0.1) is 27.7 Å². The molecule has 106 valence electrons. The summed E-state index contributed by atoms with van der Waals surface area (Å²) in [7, 11) is 0. The number of nitrogens with two attached hydrogens (primary N) is 1. The van der Waals surface area contributed by atoms with Crippen molar-refractivity contribution in [3.05, 3.63) is 68.2 Å². The zero-order valence-corrected chi connectivity index (χ0v) is 14.0. The van der Waals surface area contributed by atoms with Crippen molar-refractivity contribution in [2.75, 3.05) is 0 Å². The first kappa shape index (κ1) is 15.2. The van der Waals surface area contributed by atoms with E-state index in [1.807, 2.05) is 0 Å². The van der Waals surface area contributed by atoms with Crippen LogP contribution in [0.15, 0.2) is 34.8 Å². The molecule has 0 spiro atoms. The van der Waals surface area contributed by atoms with Crippen LogP contribution >= 0.6 is 15.9 Å². The largest absolute Gasteiger partial charge is 0.271 e. The SMILES string of the molecule is Cc1ccc(C(NN)c2cc(C)c(Br)c(C)c2)c(C)c1. The van der Waals surface area contributed by atoms with Crippen LogP contribution < -0.4 is 11.3 Å². The average molecular weight is 333 g/mol. The van der Waals surface area contributed by atoms with E-state index >= 15 is 0 Å². The van der Waals surface area contributed by atoms with E-state index in [1.165, 1.54) is 33.4 Å². The molecular weight excluding hydrogens is 312 g/mol. The van der Waals surface area contributed by atoms with Crippen molar-refractivity contribution < 1.29 is 0 Å². The molecule has 3 N–H and O–H groups in total. The molecule has 0 aliphatic rings. The number of halogens is 1. The monoisotopic (exact) mass is 332 g/mol. The molecule has 0 bridgehead atoms. The average Bonchev–Trinajstić information content (AvgIpc) is 2.39. The number of hydrazine groups is 1. The van der Waals surface area contributed by atoms with Gasteiger partial charge in [-0.1, -0.05) is 51.8 Å². The predicted molar refractivity (Wildman–Crippen MR) is 88.7 cm³/mol. The molecule has 0 aliphatic carbocycles. The molecule has 0 radical (unpaired) electrons. The van der Waals surface area contributed by atoms with Crippen LogP contribution in [0.1, 0.15) is 39.4 Å². The van der Waals surface area contributed by atoms with Crippen LogP contribution in [0.3, 0.4) is 0 Å². The highest BCUT2D eigenvalue weighted by Crippen LogP contribution is 2.30. The summed E-state index contributed by atoms with van der Waals surface area (Å²) in [6.07, 6.45) is 0. The lowest BCUT2D eigenvalue weighted by atomic mass is 9.92. The van der Waals surface area contributed by atoms with E-state index in [9.17, 15) is 0 Å². The van der Waals surface area contributed by atoms with E-state index in [0.717, 1.165) is 4.47 Å². The summed E-state index contributed by atoms with van der Waals surface area (Å²) < 4.78 is 1.16. The fraction of sp³-hybridized carbons (Fsp3) is 0.294. The molecule has 2 rings (SSSR count). The molecular formula is C17H21BrN2. The van der Waals surface area contributed by atoms with Gasteiger partial charge in [0.25, 0.3) is 0 Å². The van der Waals surface area contributed by atoms with Gasteiger partial charge in [-0.15, -0.1) is 0 Å². The highest BCUT2D eigenvalue weighted by molar-refractivity contribution is 9.10. The third-order valence-electron chi connectivity index (χ3n) is 3.70. The summed E-state index contributed by atoms with van der Waals surface area (Å²) in [4.78, 5) is 0. The van der Waals surface area contributed by atoms with E-state index in [0.29, 0.717) is 0 Å². The molecule has 1 atom stereocenters. The number of rotatable bonds is 3. The summed E-state index contributed by atoms with van der Waals surface area (Å²) >= 11 is 3.61. The van der Waals surface area contributed by atoms with Crippen molar-refractivity contribution in [1.82, 2.24) is 5.43 Å². The van der Waals surface area contributed by atoms with Gasteiger partial charge in [0, 0.05) is 4.47 Å². The van der Waals surface area contributed by atoms with Crippen LogP contribution in [0.25, 0.3) is 0 Å². The fourth-order valence-electron chi connectivity index (χ4n) is 2.66. The van der Waals surface area contributed by atoms with Crippen LogP contribution in [0.5, 0.6) is 0 Å². The molecule has 0 saturated carbocycles. The molecule has 1 unspecified atom stereocenters. The summed E-state index contributed by atoms with van der Waals surface area (Å²) in [5, 5.41) is 0. The maximum absolute atomic E-state index is 5.82. The summed E-state index contributed by atoms with van der Waals surface area (Å²) in [6, 6.07) is 10.9. The van der Waals surface area contributed by atoms with Crippen molar-refractivity contribution in [2.24, 2.45) is 5.84 Å². The van der Waals surface area contributed by atoms with Crippen LogP contribution in [-0.2, 0) is 0 Å². The summed E-state index contributed by atoms with van der Waals surface area (Å²) in [5.74, 6) is 5.82. The highest BCUT2D eigenvalue weighted by Gasteiger charge is 2.16. The maximum Gasteiger partial charge on any atom is 0.0712 e. The zero-order valence-electron chi connectivity index (χ0n) is 12.4. The van der Waals surface area contributed by atoms with Crippen LogP contribution in [0.2, 0.25) is 0 Å². The van der Waals surface area contributed by atoms with Crippen molar-refractivity contribution in [1.29, 1.82) is 0 Å². The fourth-order valence-corrected chi connectivity index (χ4v) is 2.89. The van der Waals surface area contributed by atoms with Crippen molar-refractivity contribution in [3.63, 3.8) is 0 Å². The molecule has 2 nitrogen and oxygen atoms in total. The minimum atomic E-state index is 0.0149. The molecule has 3 heteroatoms. The van der Waals surface area contributed by atoms with Gasteiger partial charge in [-0.25, -0.2) is 5.43 Å². The Balaban J connectivity index is 2.52. The first-order valence-corrected chi connectivity index (χ1v) is 7.53. The predicted octanol–water partition coefficient (Wildman–Crippen LogP) is 4.24. The normalized spacial score (nSPS) is 12.5. The number of hydrogen-bond donors (Lipinski definition) is 2. The molecule has 0 saturated heterocycles. The number of nitrogens with one attached hydrogen (secondary N) is 1. The number of hydrogen-bond acceptors (Lipinski definition) is 2. The van der Waals surface area contributed by atoms with E-state index in [-0.39, 0.29) is 6.04 Å². The molecule has 0 amide bonds. The Hall–Kier alpha value is -1.16. The van der Waals surface area contributed by atoms with E-state index in [4.69, 9.17) is 5.84 Å². The summed E-state index contributed by atoms with van der Waals surface area (Å²) in [5.41, 5.74) is 10.3. The molecule has 2 aromatic carbocycles. The van der Waals surface area contributed by atoms with Crippen LogP contribution in [0.4, 0.5) is 0 Å². The Morgan fingerprint density at radius 2 is 1.55 bits per heavy atom. The van der Waals surface area contributed by atoms with Crippen molar-refractivity contribution >= 4 is 15.9 Å². The Morgan fingerprint density at radius 3 is 2.05 bits per heavy atom. The first-order chi connectivity index (χ1) is 9.43. The lowest BCUT2D eigenvalue weighted by Crippen LogP contribution is -2.29. The smallest absolute Gasteiger partial charge is 0.0712 e.